The number of carbonyl (C=O) groups is 3. The Morgan fingerprint density at radius 1 is 1.13 bits per heavy atom. The Morgan fingerprint density at radius 3 is 2.07 bits per heavy atom. The standard InChI is InChI=1S/C7H6O.C3H4N2O2/c8-6-7-4-2-1-3-5-7;6-2-1-4-3(7)5-2/h1-6H;1H2,(H2,4,5,6,7). The summed E-state index contributed by atoms with van der Waals surface area (Å²) < 4.78 is 0. The quantitative estimate of drug-likeness (QED) is 0.513. The van der Waals surface area contributed by atoms with Crippen molar-refractivity contribution >= 4 is 18.2 Å². The zero-order valence-corrected chi connectivity index (χ0v) is 7.90. The van der Waals surface area contributed by atoms with Gasteiger partial charge >= 0.3 is 6.03 Å². The Morgan fingerprint density at radius 2 is 1.80 bits per heavy atom. The Kier molecular flexibility index (Phi) is 4.03. The van der Waals surface area contributed by atoms with Crippen molar-refractivity contribution in [3.63, 3.8) is 0 Å². The van der Waals surface area contributed by atoms with E-state index in [4.69, 9.17) is 0 Å². The molecule has 1 heterocycles. The molecule has 3 amide bonds. The van der Waals surface area contributed by atoms with E-state index in [1.807, 2.05) is 23.5 Å². The molecular formula is C10H10N2O3. The highest BCUT2D eigenvalue weighted by atomic mass is 16.2. The van der Waals surface area contributed by atoms with Gasteiger partial charge in [-0.05, 0) is 0 Å². The van der Waals surface area contributed by atoms with Gasteiger partial charge in [-0.15, -0.1) is 0 Å². The van der Waals surface area contributed by atoms with E-state index in [9.17, 15) is 14.4 Å². The highest BCUT2D eigenvalue weighted by Gasteiger charge is 2.14. The van der Waals surface area contributed by atoms with Crippen LogP contribution in [0.2, 0.25) is 0 Å². The average molecular weight is 206 g/mol. The van der Waals surface area contributed by atoms with Crippen molar-refractivity contribution in [2.45, 2.75) is 0 Å². The first kappa shape index (κ1) is 10.9. The fraction of sp³-hybridized carbons (Fsp3) is 0.100. The number of amides is 3. The van der Waals surface area contributed by atoms with Gasteiger partial charge in [0.15, 0.2) is 0 Å². The highest BCUT2D eigenvalue weighted by molar-refractivity contribution is 6.01. The first-order chi connectivity index (χ1) is 7.22. The molecule has 5 heteroatoms. The number of benzene rings is 1. The first-order valence-electron chi connectivity index (χ1n) is 4.30. The number of rotatable bonds is 1. The molecule has 1 aromatic carbocycles. The minimum absolute atomic E-state index is 0.124. The Hall–Kier alpha value is -2.17. The number of hydrogen-bond acceptors (Lipinski definition) is 3. The minimum atomic E-state index is -0.398. The molecule has 1 aliphatic rings. The van der Waals surface area contributed by atoms with Crippen LogP contribution in [-0.4, -0.2) is 24.8 Å². The smallest absolute Gasteiger partial charge is 0.321 e. The van der Waals surface area contributed by atoms with E-state index in [0.29, 0.717) is 0 Å². The van der Waals surface area contributed by atoms with Gasteiger partial charge in [-0.25, -0.2) is 4.79 Å². The third kappa shape index (κ3) is 4.04. The second-order valence-corrected chi connectivity index (χ2v) is 2.76. The molecule has 1 aliphatic heterocycles. The first-order valence-corrected chi connectivity index (χ1v) is 4.30. The van der Waals surface area contributed by atoms with Gasteiger partial charge in [0.25, 0.3) is 0 Å². The molecule has 0 atom stereocenters. The van der Waals surface area contributed by atoms with E-state index < -0.39 is 6.03 Å². The molecule has 1 saturated heterocycles. The fourth-order valence-electron chi connectivity index (χ4n) is 0.907. The number of hydrogen-bond donors (Lipinski definition) is 2. The van der Waals surface area contributed by atoms with Crippen LogP contribution in [0.3, 0.4) is 0 Å². The van der Waals surface area contributed by atoms with E-state index in [0.717, 1.165) is 11.8 Å². The maximum absolute atomic E-state index is 10.1. The van der Waals surface area contributed by atoms with Crippen LogP contribution in [0, 0.1) is 0 Å². The lowest BCUT2D eigenvalue weighted by atomic mass is 10.2. The molecule has 0 spiro atoms. The summed E-state index contributed by atoms with van der Waals surface area (Å²) in [5.41, 5.74) is 0.729. The van der Waals surface area contributed by atoms with Crippen LogP contribution in [0.4, 0.5) is 4.79 Å². The number of carbonyl (C=O) groups excluding carboxylic acids is 3. The Bertz CT molecular complexity index is 348. The molecule has 2 N–H and O–H groups in total. The molecule has 5 nitrogen and oxygen atoms in total. The van der Waals surface area contributed by atoms with Gasteiger partial charge in [0.1, 0.15) is 6.29 Å². The van der Waals surface area contributed by atoms with Crippen molar-refractivity contribution in [1.82, 2.24) is 10.6 Å². The van der Waals surface area contributed by atoms with Gasteiger partial charge < -0.3 is 5.32 Å². The predicted molar refractivity (Wildman–Crippen MR) is 53.4 cm³/mol. The van der Waals surface area contributed by atoms with Gasteiger partial charge in [0.05, 0.1) is 6.54 Å². The van der Waals surface area contributed by atoms with Crippen LogP contribution in [-0.2, 0) is 4.79 Å². The van der Waals surface area contributed by atoms with Crippen LogP contribution in [0.15, 0.2) is 30.3 Å². The lowest BCUT2D eigenvalue weighted by Gasteiger charge is -1.81. The van der Waals surface area contributed by atoms with Crippen LogP contribution in [0.1, 0.15) is 10.4 Å². The molecule has 0 unspecified atom stereocenters. The monoisotopic (exact) mass is 206 g/mol. The molecule has 1 aromatic rings. The summed E-state index contributed by atoms with van der Waals surface area (Å²) in [5, 5.41) is 4.30. The average Bonchev–Trinajstić information content (AvgIpc) is 2.65. The van der Waals surface area contributed by atoms with Gasteiger partial charge in [-0.3, -0.25) is 14.9 Å². The molecule has 0 bridgehead atoms. The summed E-state index contributed by atoms with van der Waals surface area (Å²) in [6.45, 7) is 0.124. The van der Waals surface area contributed by atoms with Gasteiger partial charge in [-0.2, -0.15) is 0 Å². The van der Waals surface area contributed by atoms with E-state index >= 15 is 0 Å². The van der Waals surface area contributed by atoms with Crippen LogP contribution >= 0.6 is 0 Å². The summed E-state index contributed by atoms with van der Waals surface area (Å²) in [6.07, 6.45) is 0.833. The Balaban J connectivity index is 0.000000151. The summed E-state index contributed by atoms with van der Waals surface area (Å²) in [4.78, 5) is 30.1. The van der Waals surface area contributed by atoms with Gasteiger partial charge in [-0.1, -0.05) is 30.3 Å². The molecule has 2 rings (SSSR count). The zero-order valence-electron chi connectivity index (χ0n) is 7.90. The summed E-state index contributed by atoms with van der Waals surface area (Å²) >= 11 is 0. The lowest BCUT2D eigenvalue weighted by Crippen LogP contribution is -2.22. The van der Waals surface area contributed by atoms with Crippen LogP contribution < -0.4 is 10.6 Å². The maximum Gasteiger partial charge on any atom is 0.321 e. The zero-order chi connectivity index (χ0) is 11.1. The van der Waals surface area contributed by atoms with E-state index in [-0.39, 0.29) is 12.5 Å². The van der Waals surface area contributed by atoms with Crippen molar-refractivity contribution in [2.24, 2.45) is 0 Å². The van der Waals surface area contributed by atoms with Crippen molar-refractivity contribution in [3.8, 4) is 0 Å². The minimum Gasteiger partial charge on any atom is -0.329 e. The molecule has 0 saturated carbocycles. The second-order valence-electron chi connectivity index (χ2n) is 2.76. The SMILES string of the molecule is O=C1CNC(=O)N1.O=Cc1ccccc1. The van der Waals surface area contributed by atoms with Crippen LogP contribution in [0.25, 0.3) is 0 Å². The van der Waals surface area contributed by atoms with Crippen molar-refractivity contribution in [3.05, 3.63) is 35.9 Å². The third-order valence-electron chi connectivity index (χ3n) is 1.60. The number of imide groups is 1. The molecule has 0 aliphatic carbocycles. The summed E-state index contributed by atoms with van der Waals surface area (Å²) in [6, 6.07) is 8.70. The van der Waals surface area contributed by atoms with E-state index in [2.05, 4.69) is 5.32 Å². The Labute approximate surface area is 86.5 Å². The molecule has 1 fully saturated rings. The largest absolute Gasteiger partial charge is 0.329 e. The van der Waals surface area contributed by atoms with E-state index in [1.165, 1.54) is 0 Å². The molecule has 0 aromatic heterocycles. The summed E-state index contributed by atoms with van der Waals surface area (Å²) in [7, 11) is 0. The predicted octanol–water partition coefficient (Wildman–Crippen LogP) is 0.325. The van der Waals surface area contributed by atoms with Crippen molar-refractivity contribution in [2.75, 3.05) is 6.54 Å². The van der Waals surface area contributed by atoms with Crippen LogP contribution in [0.5, 0.6) is 0 Å². The molecule has 15 heavy (non-hydrogen) atoms. The second kappa shape index (κ2) is 5.54. The topological polar surface area (TPSA) is 75.3 Å². The molecule has 0 radical (unpaired) electrons. The highest BCUT2D eigenvalue weighted by Crippen LogP contribution is 1.91. The van der Waals surface area contributed by atoms with Gasteiger partial charge in [0.2, 0.25) is 5.91 Å². The molecular weight excluding hydrogens is 196 g/mol. The fourth-order valence-corrected chi connectivity index (χ4v) is 0.907. The van der Waals surface area contributed by atoms with Crippen molar-refractivity contribution in [1.29, 1.82) is 0 Å². The number of nitrogens with one attached hydrogen (secondary N) is 2. The molecule has 78 valence electrons. The van der Waals surface area contributed by atoms with Gasteiger partial charge in [0, 0.05) is 5.56 Å². The normalized spacial score (nSPS) is 13.3. The third-order valence-corrected chi connectivity index (χ3v) is 1.60. The maximum atomic E-state index is 10.1. The number of urea groups is 1. The lowest BCUT2D eigenvalue weighted by molar-refractivity contribution is -0.117. The van der Waals surface area contributed by atoms with E-state index in [1.54, 1.807) is 12.1 Å². The summed E-state index contributed by atoms with van der Waals surface area (Å²) in [5.74, 6) is -0.259. The van der Waals surface area contributed by atoms with Crippen molar-refractivity contribution < 1.29 is 14.4 Å². The number of aldehydes is 1.